The van der Waals surface area contributed by atoms with Crippen LogP contribution in [-0.4, -0.2) is 41.4 Å². The molecule has 0 saturated heterocycles. The molecule has 1 unspecified atom stereocenters. The first-order valence-electron chi connectivity index (χ1n) is 6.20. The molecule has 0 aliphatic rings. The molecular weight excluding hydrogens is 232 g/mol. The largest absolute Gasteiger partial charge is 0.391 e. The number of nitrogens with zero attached hydrogens (tertiary/aromatic N) is 2. The van der Waals surface area contributed by atoms with E-state index in [0.717, 1.165) is 18.7 Å². The second-order valence-electron chi connectivity index (χ2n) is 4.17. The lowest BCUT2D eigenvalue weighted by molar-refractivity contribution is 0.0615. The standard InChI is InChI=1S/C12H22N4O2/c1-3-4-11-15-10(13)7-12(16-11)14-6-5-9(17)8-18-2/h7,9,17H,3-6,8H2,1-2H3,(H3,13,14,15,16). The molecule has 0 amide bonds. The van der Waals surface area contributed by atoms with Crippen LogP contribution in [0.3, 0.4) is 0 Å². The zero-order chi connectivity index (χ0) is 13.4. The maximum atomic E-state index is 9.50. The summed E-state index contributed by atoms with van der Waals surface area (Å²) in [4.78, 5) is 8.50. The number of hydrogen-bond donors (Lipinski definition) is 3. The third kappa shape index (κ3) is 5.29. The van der Waals surface area contributed by atoms with Crippen molar-refractivity contribution in [3.8, 4) is 0 Å². The molecule has 0 aromatic carbocycles. The molecule has 18 heavy (non-hydrogen) atoms. The zero-order valence-electron chi connectivity index (χ0n) is 11.0. The highest BCUT2D eigenvalue weighted by molar-refractivity contribution is 5.44. The fourth-order valence-corrected chi connectivity index (χ4v) is 1.59. The first-order valence-corrected chi connectivity index (χ1v) is 6.20. The number of aromatic nitrogens is 2. The summed E-state index contributed by atoms with van der Waals surface area (Å²) in [5.41, 5.74) is 5.71. The molecule has 0 aliphatic heterocycles. The van der Waals surface area contributed by atoms with E-state index >= 15 is 0 Å². The number of nitrogen functional groups attached to an aromatic ring is 1. The molecular formula is C12H22N4O2. The van der Waals surface area contributed by atoms with Gasteiger partial charge in [0.15, 0.2) is 0 Å². The number of nitrogens with two attached hydrogens (primary N) is 1. The number of rotatable bonds is 8. The molecule has 6 nitrogen and oxygen atoms in total. The van der Waals surface area contributed by atoms with Gasteiger partial charge >= 0.3 is 0 Å². The van der Waals surface area contributed by atoms with Crippen LogP contribution in [0.5, 0.6) is 0 Å². The maximum Gasteiger partial charge on any atom is 0.133 e. The van der Waals surface area contributed by atoms with Crippen molar-refractivity contribution in [3.05, 3.63) is 11.9 Å². The normalized spacial score (nSPS) is 12.4. The van der Waals surface area contributed by atoms with Gasteiger partial charge in [0.05, 0.1) is 12.7 Å². The smallest absolute Gasteiger partial charge is 0.133 e. The van der Waals surface area contributed by atoms with E-state index in [2.05, 4.69) is 22.2 Å². The van der Waals surface area contributed by atoms with Gasteiger partial charge in [0.2, 0.25) is 0 Å². The van der Waals surface area contributed by atoms with Crippen molar-refractivity contribution in [2.45, 2.75) is 32.3 Å². The molecule has 0 bridgehead atoms. The summed E-state index contributed by atoms with van der Waals surface area (Å²) in [6.07, 6.45) is 1.93. The minimum Gasteiger partial charge on any atom is -0.391 e. The fourth-order valence-electron chi connectivity index (χ4n) is 1.59. The van der Waals surface area contributed by atoms with Crippen molar-refractivity contribution in [1.29, 1.82) is 0 Å². The molecule has 1 heterocycles. The highest BCUT2D eigenvalue weighted by Gasteiger charge is 2.05. The molecule has 1 atom stereocenters. The maximum absolute atomic E-state index is 9.50. The lowest BCUT2D eigenvalue weighted by atomic mass is 10.2. The molecule has 102 valence electrons. The zero-order valence-corrected chi connectivity index (χ0v) is 11.0. The Morgan fingerprint density at radius 3 is 2.94 bits per heavy atom. The van der Waals surface area contributed by atoms with Crippen molar-refractivity contribution in [2.24, 2.45) is 0 Å². The van der Waals surface area contributed by atoms with E-state index in [1.54, 1.807) is 13.2 Å². The summed E-state index contributed by atoms with van der Waals surface area (Å²) in [6, 6.07) is 1.70. The van der Waals surface area contributed by atoms with Crippen molar-refractivity contribution < 1.29 is 9.84 Å². The average molecular weight is 254 g/mol. The minimum atomic E-state index is -0.461. The third-order valence-corrected chi connectivity index (χ3v) is 2.41. The van der Waals surface area contributed by atoms with Crippen molar-refractivity contribution in [1.82, 2.24) is 9.97 Å². The average Bonchev–Trinajstić information content (AvgIpc) is 2.29. The van der Waals surface area contributed by atoms with E-state index in [9.17, 15) is 5.11 Å². The second-order valence-corrected chi connectivity index (χ2v) is 4.17. The Morgan fingerprint density at radius 1 is 1.50 bits per heavy atom. The van der Waals surface area contributed by atoms with Gasteiger partial charge in [-0.2, -0.15) is 0 Å². The van der Waals surface area contributed by atoms with E-state index in [-0.39, 0.29) is 0 Å². The van der Waals surface area contributed by atoms with Gasteiger partial charge in [0.1, 0.15) is 17.5 Å². The van der Waals surface area contributed by atoms with Gasteiger partial charge in [-0.3, -0.25) is 0 Å². The van der Waals surface area contributed by atoms with Crippen LogP contribution in [0, 0.1) is 0 Å². The molecule has 0 fully saturated rings. The van der Waals surface area contributed by atoms with Crippen molar-refractivity contribution in [3.63, 3.8) is 0 Å². The van der Waals surface area contributed by atoms with Crippen LogP contribution in [0.2, 0.25) is 0 Å². The molecule has 0 aliphatic carbocycles. The molecule has 0 radical (unpaired) electrons. The van der Waals surface area contributed by atoms with Crippen LogP contribution in [0.25, 0.3) is 0 Å². The van der Waals surface area contributed by atoms with E-state index in [0.29, 0.717) is 31.2 Å². The summed E-state index contributed by atoms with van der Waals surface area (Å²) in [5.74, 6) is 1.92. The van der Waals surface area contributed by atoms with Gasteiger partial charge < -0.3 is 20.9 Å². The lowest BCUT2D eigenvalue weighted by Gasteiger charge is -2.11. The number of aryl methyl sites for hydroxylation is 1. The number of anilines is 2. The van der Waals surface area contributed by atoms with E-state index in [1.807, 2.05) is 0 Å². The Hall–Kier alpha value is -1.40. The Morgan fingerprint density at radius 2 is 2.28 bits per heavy atom. The number of methoxy groups -OCH3 is 1. The van der Waals surface area contributed by atoms with Gasteiger partial charge in [-0.25, -0.2) is 9.97 Å². The second kappa shape index (κ2) is 7.84. The number of hydrogen-bond acceptors (Lipinski definition) is 6. The molecule has 1 rings (SSSR count). The van der Waals surface area contributed by atoms with E-state index in [4.69, 9.17) is 10.5 Å². The van der Waals surface area contributed by atoms with Gasteiger partial charge in [0, 0.05) is 26.1 Å². The van der Waals surface area contributed by atoms with Crippen LogP contribution in [0.4, 0.5) is 11.6 Å². The number of aliphatic hydroxyl groups excluding tert-OH is 1. The highest BCUT2D eigenvalue weighted by atomic mass is 16.5. The number of ether oxygens (including phenoxy) is 1. The fraction of sp³-hybridized carbons (Fsp3) is 0.667. The number of nitrogens with one attached hydrogen (secondary N) is 1. The van der Waals surface area contributed by atoms with Gasteiger partial charge in [-0.15, -0.1) is 0 Å². The first kappa shape index (κ1) is 14.7. The van der Waals surface area contributed by atoms with Crippen LogP contribution < -0.4 is 11.1 Å². The van der Waals surface area contributed by atoms with Gasteiger partial charge in [-0.1, -0.05) is 6.92 Å². The first-order chi connectivity index (χ1) is 8.65. The Labute approximate surface area is 108 Å². The Bertz CT molecular complexity index is 360. The molecule has 1 aromatic rings. The predicted molar refractivity (Wildman–Crippen MR) is 71.4 cm³/mol. The summed E-state index contributed by atoms with van der Waals surface area (Å²) in [6.45, 7) is 3.03. The molecule has 4 N–H and O–H groups in total. The van der Waals surface area contributed by atoms with Crippen LogP contribution in [0.15, 0.2) is 6.07 Å². The summed E-state index contributed by atoms with van der Waals surface area (Å²) < 4.78 is 4.85. The Balaban J connectivity index is 2.46. The lowest BCUT2D eigenvalue weighted by Crippen LogP contribution is -2.19. The molecule has 0 spiro atoms. The molecule has 1 aromatic heterocycles. The monoisotopic (exact) mass is 254 g/mol. The Kier molecular flexibility index (Phi) is 6.38. The van der Waals surface area contributed by atoms with Crippen LogP contribution in [0.1, 0.15) is 25.6 Å². The van der Waals surface area contributed by atoms with Gasteiger partial charge in [0.25, 0.3) is 0 Å². The SMILES string of the molecule is CCCc1nc(N)cc(NCCC(O)COC)n1. The van der Waals surface area contributed by atoms with E-state index < -0.39 is 6.10 Å². The summed E-state index contributed by atoms with van der Waals surface area (Å²) in [7, 11) is 1.57. The minimum absolute atomic E-state index is 0.342. The molecule has 6 heteroatoms. The van der Waals surface area contributed by atoms with Crippen LogP contribution in [-0.2, 0) is 11.2 Å². The van der Waals surface area contributed by atoms with E-state index in [1.165, 1.54) is 0 Å². The van der Waals surface area contributed by atoms with Crippen molar-refractivity contribution >= 4 is 11.6 Å². The highest BCUT2D eigenvalue weighted by Crippen LogP contribution is 2.09. The topological polar surface area (TPSA) is 93.3 Å². The van der Waals surface area contributed by atoms with Crippen LogP contribution >= 0.6 is 0 Å². The number of aliphatic hydroxyl groups is 1. The summed E-state index contributed by atoms with van der Waals surface area (Å²) in [5, 5.41) is 12.6. The third-order valence-electron chi connectivity index (χ3n) is 2.41. The predicted octanol–water partition coefficient (Wildman–Crippen LogP) is 0.821. The summed E-state index contributed by atoms with van der Waals surface area (Å²) >= 11 is 0. The van der Waals surface area contributed by atoms with Gasteiger partial charge in [-0.05, 0) is 12.8 Å². The van der Waals surface area contributed by atoms with Crippen molar-refractivity contribution in [2.75, 3.05) is 31.3 Å². The quantitative estimate of drug-likeness (QED) is 0.636. The molecule has 0 saturated carbocycles.